The minimum Gasteiger partial charge on any atom is -0.491 e. The fourth-order valence-electron chi connectivity index (χ4n) is 1.84. The number of carbonyl (C=O) groups excluding carboxylic acids is 1. The number of alkyl halides is 2. The van der Waals surface area contributed by atoms with Crippen molar-refractivity contribution in [1.82, 2.24) is 4.90 Å². The van der Waals surface area contributed by atoms with Gasteiger partial charge >= 0.3 is 0 Å². The highest BCUT2D eigenvalue weighted by atomic mass is 79.9. The first-order chi connectivity index (χ1) is 8.78. The van der Waals surface area contributed by atoms with Gasteiger partial charge in [-0.1, -0.05) is 0 Å². The number of rotatable bonds is 3. The number of benzene rings is 1. The Morgan fingerprint density at radius 3 is 2.58 bits per heavy atom. The summed E-state index contributed by atoms with van der Waals surface area (Å²) < 4.78 is 31.6. The van der Waals surface area contributed by atoms with E-state index in [1.807, 2.05) is 13.8 Å². The lowest BCUT2D eigenvalue weighted by atomic mass is 10.1. The summed E-state index contributed by atoms with van der Waals surface area (Å²) in [5.41, 5.74) is 0.341. The van der Waals surface area contributed by atoms with E-state index in [4.69, 9.17) is 4.74 Å². The van der Waals surface area contributed by atoms with E-state index in [0.717, 1.165) is 4.90 Å². The van der Waals surface area contributed by atoms with Crippen LogP contribution in [0.4, 0.5) is 8.78 Å². The first-order valence-electron chi connectivity index (χ1n) is 5.92. The Balaban J connectivity index is 2.17. The molecule has 0 aromatic heterocycles. The van der Waals surface area contributed by atoms with Crippen LogP contribution in [0.15, 0.2) is 22.7 Å². The molecule has 1 aliphatic rings. The van der Waals surface area contributed by atoms with Gasteiger partial charge in [0.2, 0.25) is 0 Å². The van der Waals surface area contributed by atoms with Gasteiger partial charge in [0.1, 0.15) is 5.75 Å². The third kappa shape index (κ3) is 3.23. The van der Waals surface area contributed by atoms with Crippen molar-refractivity contribution in [3.63, 3.8) is 0 Å². The molecule has 1 heterocycles. The van der Waals surface area contributed by atoms with Crippen molar-refractivity contribution >= 4 is 21.8 Å². The highest BCUT2D eigenvalue weighted by Gasteiger charge is 2.46. The van der Waals surface area contributed by atoms with Crippen molar-refractivity contribution in [3.8, 4) is 5.75 Å². The second kappa shape index (κ2) is 5.07. The van der Waals surface area contributed by atoms with Crippen LogP contribution in [0.2, 0.25) is 0 Å². The molecule has 1 aromatic rings. The quantitative estimate of drug-likeness (QED) is 0.849. The minimum absolute atomic E-state index is 0.0162. The van der Waals surface area contributed by atoms with Crippen LogP contribution in [0, 0.1) is 0 Å². The van der Waals surface area contributed by atoms with Gasteiger partial charge in [-0.3, -0.25) is 4.79 Å². The standard InChI is InChI=1S/C13H14BrF2NO2/c1-8(2)19-9-3-4-11(14)10(5-9)12(18)17-6-13(15,16)7-17/h3-5,8H,6-7H2,1-2H3. The third-order valence-electron chi connectivity index (χ3n) is 2.67. The Kier molecular flexibility index (Phi) is 3.80. The predicted octanol–water partition coefficient (Wildman–Crippen LogP) is 3.33. The molecule has 0 spiro atoms. The van der Waals surface area contributed by atoms with Crippen molar-refractivity contribution in [2.75, 3.05) is 13.1 Å². The summed E-state index contributed by atoms with van der Waals surface area (Å²) in [5.74, 6) is -2.62. The molecule has 0 unspecified atom stereocenters. The highest BCUT2D eigenvalue weighted by Crippen LogP contribution is 2.31. The van der Waals surface area contributed by atoms with Crippen LogP contribution in [0.3, 0.4) is 0 Å². The maximum atomic E-state index is 12.8. The van der Waals surface area contributed by atoms with Crippen LogP contribution in [0.1, 0.15) is 24.2 Å². The third-order valence-corrected chi connectivity index (χ3v) is 3.36. The molecule has 1 saturated heterocycles. The molecule has 0 atom stereocenters. The molecule has 1 aliphatic heterocycles. The van der Waals surface area contributed by atoms with Gasteiger partial charge in [-0.2, -0.15) is 0 Å². The Morgan fingerprint density at radius 2 is 2.05 bits per heavy atom. The topological polar surface area (TPSA) is 29.5 Å². The number of likely N-dealkylation sites (tertiary alicyclic amines) is 1. The number of ether oxygens (including phenoxy) is 1. The van der Waals surface area contributed by atoms with Gasteiger partial charge in [0.25, 0.3) is 11.8 Å². The zero-order valence-electron chi connectivity index (χ0n) is 10.6. The van der Waals surface area contributed by atoms with Crippen molar-refractivity contribution in [2.24, 2.45) is 0 Å². The molecule has 1 fully saturated rings. The molecule has 0 bridgehead atoms. The largest absolute Gasteiger partial charge is 0.491 e. The first-order valence-corrected chi connectivity index (χ1v) is 6.71. The molecule has 2 rings (SSSR count). The van der Waals surface area contributed by atoms with Gasteiger partial charge in [0.15, 0.2) is 0 Å². The highest BCUT2D eigenvalue weighted by molar-refractivity contribution is 9.10. The van der Waals surface area contributed by atoms with E-state index in [1.165, 1.54) is 0 Å². The molecule has 0 saturated carbocycles. The number of hydrogen-bond donors (Lipinski definition) is 0. The van der Waals surface area contributed by atoms with E-state index in [0.29, 0.717) is 15.8 Å². The summed E-state index contributed by atoms with van der Waals surface area (Å²) in [6.07, 6.45) is -0.0162. The maximum absolute atomic E-state index is 12.8. The van der Waals surface area contributed by atoms with Crippen molar-refractivity contribution in [1.29, 1.82) is 0 Å². The lowest BCUT2D eigenvalue weighted by Gasteiger charge is -2.38. The Bertz CT molecular complexity index is 497. The summed E-state index contributed by atoms with van der Waals surface area (Å²) >= 11 is 3.26. The Hall–Kier alpha value is -1.17. The van der Waals surface area contributed by atoms with Crippen molar-refractivity contribution in [2.45, 2.75) is 25.9 Å². The van der Waals surface area contributed by atoms with Gasteiger partial charge in [-0.15, -0.1) is 0 Å². The number of nitrogens with zero attached hydrogens (tertiary/aromatic N) is 1. The molecule has 19 heavy (non-hydrogen) atoms. The Morgan fingerprint density at radius 1 is 1.42 bits per heavy atom. The molecular formula is C13H14BrF2NO2. The van der Waals surface area contributed by atoms with Gasteiger partial charge in [-0.05, 0) is 48.0 Å². The lowest BCUT2D eigenvalue weighted by Crippen LogP contribution is -2.58. The van der Waals surface area contributed by atoms with Gasteiger partial charge < -0.3 is 9.64 Å². The normalized spacial score (nSPS) is 17.3. The summed E-state index contributed by atoms with van der Waals surface area (Å²) in [6, 6.07) is 4.98. The van der Waals surface area contributed by atoms with Gasteiger partial charge in [-0.25, -0.2) is 8.78 Å². The second-order valence-corrected chi connectivity index (χ2v) is 5.68. The summed E-state index contributed by atoms with van der Waals surface area (Å²) in [5, 5.41) is 0. The molecular weight excluding hydrogens is 320 g/mol. The minimum atomic E-state index is -2.76. The van der Waals surface area contributed by atoms with Gasteiger partial charge in [0.05, 0.1) is 24.8 Å². The van der Waals surface area contributed by atoms with E-state index in [9.17, 15) is 13.6 Å². The average Bonchev–Trinajstić information content (AvgIpc) is 2.27. The zero-order valence-corrected chi connectivity index (χ0v) is 12.2. The second-order valence-electron chi connectivity index (χ2n) is 4.83. The van der Waals surface area contributed by atoms with E-state index >= 15 is 0 Å². The first kappa shape index (κ1) is 14.2. The van der Waals surface area contributed by atoms with Crippen LogP contribution >= 0.6 is 15.9 Å². The average molecular weight is 334 g/mol. The van der Waals surface area contributed by atoms with E-state index in [-0.39, 0.29) is 6.10 Å². The van der Waals surface area contributed by atoms with E-state index in [1.54, 1.807) is 18.2 Å². The molecule has 1 aromatic carbocycles. The van der Waals surface area contributed by atoms with E-state index < -0.39 is 24.9 Å². The maximum Gasteiger partial charge on any atom is 0.282 e. The molecule has 104 valence electrons. The molecule has 6 heteroatoms. The lowest BCUT2D eigenvalue weighted by molar-refractivity contribution is -0.113. The monoisotopic (exact) mass is 333 g/mol. The van der Waals surface area contributed by atoms with Crippen LogP contribution in [0.5, 0.6) is 5.75 Å². The van der Waals surface area contributed by atoms with Crippen LogP contribution in [0.25, 0.3) is 0 Å². The molecule has 0 aliphatic carbocycles. The predicted molar refractivity (Wildman–Crippen MR) is 70.8 cm³/mol. The van der Waals surface area contributed by atoms with Gasteiger partial charge in [0, 0.05) is 4.47 Å². The summed E-state index contributed by atoms with van der Waals surface area (Å²) in [6.45, 7) is 2.71. The SMILES string of the molecule is CC(C)Oc1ccc(Br)c(C(=O)N2CC(F)(F)C2)c1. The smallest absolute Gasteiger partial charge is 0.282 e. The summed E-state index contributed by atoms with van der Waals surface area (Å²) in [7, 11) is 0. The number of carbonyl (C=O) groups is 1. The zero-order chi connectivity index (χ0) is 14.2. The van der Waals surface area contributed by atoms with Crippen LogP contribution in [-0.2, 0) is 0 Å². The van der Waals surface area contributed by atoms with Crippen molar-refractivity contribution in [3.05, 3.63) is 28.2 Å². The van der Waals surface area contributed by atoms with E-state index in [2.05, 4.69) is 15.9 Å². The molecule has 1 amide bonds. The van der Waals surface area contributed by atoms with Crippen molar-refractivity contribution < 1.29 is 18.3 Å². The number of halogens is 3. The fraction of sp³-hybridized carbons (Fsp3) is 0.462. The Labute approximate surface area is 118 Å². The molecule has 3 nitrogen and oxygen atoms in total. The number of hydrogen-bond acceptors (Lipinski definition) is 2. The van der Waals surface area contributed by atoms with Crippen LogP contribution < -0.4 is 4.74 Å². The molecule has 0 radical (unpaired) electrons. The van der Waals surface area contributed by atoms with Crippen LogP contribution in [-0.4, -0.2) is 35.9 Å². The number of amides is 1. The molecule has 0 N–H and O–H groups in total. The summed E-state index contributed by atoms with van der Waals surface area (Å²) in [4.78, 5) is 13.2. The fourth-order valence-corrected chi connectivity index (χ4v) is 2.26.